The third kappa shape index (κ3) is 5.60. The van der Waals surface area contributed by atoms with Crippen molar-refractivity contribution in [2.45, 2.75) is 70.2 Å². The number of rotatable bonds is 5. The molecule has 11 heteroatoms. The van der Waals surface area contributed by atoms with Gasteiger partial charge in [-0.15, -0.1) is 10.2 Å². The minimum Gasteiger partial charge on any atom is -0.444 e. The summed E-state index contributed by atoms with van der Waals surface area (Å²) in [6.45, 7) is 6.62. The van der Waals surface area contributed by atoms with E-state index in [1.807, 2.05) is 60.6 Å². The monoisotopic (exact) mass is 592 g/mol. The van der Waals surface area contributed by atoms with Crippen molar-refractivity contribution in [3.8, 4) is 11.4 Å². The maximum Gasteiger partial charge on any atom is 0.410 e. The molecule has 0 bridgehead atoms. The molecule has 5 rings (SSSR count). The molecule has 10 nitrogen and oxygen atoms in total. The first-order chi connectivity index (χ1) is 19.9. The van der Waals surface area contributed by atoms with E-state index in [0.717, 1.165) is 11.1 Å². The summed E-state index contributed by atoms with van der Waals surface area (Å²) in [5.74, 6) is 0.495. The zero-order valence-corrected chi connectivity index (χ0v) is 25.4. The molecule has 3 aromatic rings. The van der Waals surface area contributed by atoms with Crippen LogP contribution in [-0.4, -0.2) is 74.8 Å². The van der Waals surface area contributed by atoms with E-state index in [4.69, 9.17) is 16.3 Å². The molecule has 1 N–H and O–H groups in total. The Bertz CT molecular complexity index is 1510. The lowest BCUT2D eigenvalue weighted by molar-refractivity contribution is -0.0141. The molecule has 0 saturated heterocycles. The lowest BCUT2D eigenvalue weighted by Crippen LogP contribution is -2.55. The summed E-state index contributed by atoms with van der Waals surface area (Å²) < 4.78 is 7.57. The fourth-order valence-corrected chi connectivity index (χ4v) is 6.30. The van der Waals surface area contributed by atoms with Gasteiger partial charge in [0.1, 0.15) is 5.60 Å². The Morgan fingerprint density at radius 1 is 1.05 bits per heavy atom. The van der Waals surface area contributed by atoms with Crippen molar-refractivity contribution in [3.63, 3.8) is 0 Å². The lowest BCUT2D eigenvalue weighted by Gasteiger charge is -2.49. The van der Waals surface area contributed by atoms with Gasteiger partial charge in [0.15, 0.2) is 5.82 Å². The molecule has 1 saturated carbocycles. The number of nitrogens with one attached hydrogen (secondary N) is 1. The highest BCUT2D eigenvalue weighted by molar-refractivity contribution is 6.30. The van der Waals surface area contributed by atoms with E-state index in [2.05, 4.69) is 15.5 Å². The summed E-state index contributed by atoms with van der Waals surface area (Å²) >= 11 is 6.39. The van der Waals surface area contributed by atoms with Crippen molar-refractivity contribution in [2.24, 2.45) is 0 Å². The lowest BCUT2D eigenvalue weighted by atomic mass is 9.73. The van der Waals surface area contributed by atoms with Crippen LogP contribution in [0.15, 0.2) is 48.5 Å². The van der Waals surface area contributed by atoms with Crippen molar-refractivity contribution in [3.05, 3.63) is 70.5 Å². The van der Waals surface area contributed by atoms with E-state index in [1.165, 1.54) is 0 Å². The Kier molecular flexibility index (Phi) is 8.02. The van der Waals surface area contributed by atoms with Gasteiger partial charge >= 0.3 is 6.09 Å². The molecule has 1 fully saturated rings. The number of carbonyl (C=O) groups is 3. The van der Waals surface area contributed by atoms with Crippen LogP contribution in [-0.2, 0) is 16.8 Å². The average Bonchev–Trinajstić information content (AvgIpc) is 3.41. The number of halogens is 1. The van der Waals surface area contributed by atoms with Crippen molar-refractivity contribution in [2.75, 3.05) is 20.6 Å². The van der Waals surface area contributed by atoms with Crippen LogP contribution in [0.25, 0.3) is 11.4 Å². The molecule has 1 aromatic heterocycles. The van der Waals surface area contributed by atoms with Crippen molar-refractivity contribution >= 4 is 29.5 Å². The SMILES string of the molecule is CNC(=O)c1cccc(-c2nnc3n2CCN(C2CCC(c4cccc(Cl)c4)(N(C)C(=O)OC(C)(C)C)CC2)C3=O)c1. The number of hydrogen-bond acceptors (Lipinski definition) is 6. The van der Waals surface area contributed by atoms with Gasteiger partial charge < -0.3 is 24.4 Å². The van der Waals surface area contributed by atoms with Gasteiger partial charge in [-0.2, -0.15) is 0 Å². The fourth-order valence-electron chi connectivity index (χ4n) is 6.11. The largest absolute Gasteiger partial charge is 0.444 e. The summed E-state index contributed by atoms with van der Waals surface area (Å²) in [4.78, 5) is 42.7. The molecule has 1 aliphatic carbocycles. The van der Waals surface area contributed by atoms with Crippen LogP contribution in [0.3, 0.4) is 0 Å². The molecule has 0 radical (unpaired) electrons. The van der Waals surface area contributed by atoms with Crippen molar-refractivity contribution < 1.29 is 19.1 Å². The number of fused-ring (bicyclic) bond motifs is 1. The number of ether oxygens (including phenoxy) is 1. The van der Waals surface area contributed by atoms with Crippen molar-refractivity contribution in [1.29, 1.82) is 0 Å². The first kappa shape index (κ1) is 29.6. The van der Waals surface area contributed by atoms with Gasteiger partial charge in [0.05, 0.1) is 5.54 Å². The number of hydrogen-bond donors (Lipinski definition) is 1. The number of carbonyl (C=O) groups excluding carboxylic acids is 3. The van der Waals surface area contributed by atoms with Crippen molar-refractivity contribution in [1.82, 2.24) is 29.9 Å². The number of aromatic nitrogens is 3. The number of benzene rings is 2. The minimum absolute atomic E-state index is 0.0117. The van der Waals surface area contributed by atoms with Gasteiger partial charge in [0, 0.05) is 49.4 Å². The standard InChI is InChI=1S/C31H37ClN6O4/c1-30(2,3)42-29(41)36(5)31(22-10-7-11-23(32)19-22)14-12-24(13-15-31)37-16-17-38-25(34-35-26(38)28(37)40)20-8-6-9-21(18-20)27(39)33-4/h6-11,18-19,24H,12-17H2,1-5H3,(H,33,39). The molecular formula is C31H37ClN6O4. The predicted octanol–water partition coefficient (Wildman–Crippen LogP) is 5.12. The molecule has 2 heterocycles. The molecule has 1 aliphatic heterocycles. The van der Waals surface area contributed by atoms with E-state index >= 15 is 0 Å². The highest BCUT2D eigenvalue weighted by Gasteiger charge is 2.46. The second kappa shape index (κ2) is 11.4. The van der Waals surface area contributed by atoms with Gasteiger partial charge in [-0.3, -0.25) is 9.59 Å². The number of amides is 3. The third-order valence-corrected chi connectivity index (χ3v) is 8.51. The summed E-state index contributed by atoms with van der Waals surface area (Å²) in [5, 5.41) is 11.8. The summed E-state index contributed by atoms with van der Waals surface area (Å²) in [5.41, 5.74) is 0.945. The van der Waals surface area contributed by atoms with E-state index < -0.39 is 17.2 Å². The zero-order valence-electron chi connectivity index (χ0n) is 24.7. The van der Waals surface area contributed by atoms with Crippen LogP contribution in [0.4, 0.5) is 4.79 Å². The summed E-state index contributed by atoms with van der Waals surface area (Å²) in [6.07, 6.45) is 2.28. The Balaban J connectivity index is 1.36. The number of nitrogens with zero attached hydrogens (tertiary/aromatic N) is 5. The van der Waals surface area contributed by atoms with E-state index in [-0.39, 0.29) is 17.9 Å². The van der Waals surface area contributed by atoms with Crippen LogP contribution in [0, 0.1) is 0 Å². The molecule has 3 amide bonds. The minimum atomic E-state index is -0.628. The van der Waals surface area contributed by atoms with E-state index in [9.17, 15) is 14.4 Å². The quantitative estimate of drug-likeness (QED) is 0.440. The third-order valence-electron chi connectivity index (χ3n) is 8.27. The Hall–Kier alpha value is -3.92. The normalized spacial score (nSPS) is 20.6. The van der Waals surface area contributed by atoms with Crippen LogP contribution in [0.2, 0.25) is 5.02 Å². The molecule has 42 heavy (non-hydrogen) atoms. The molecule has 222 valence electrons. The molecule has 2 aliphatic rings. The second-order valence-electron chi connectivity index (χ2n) is 12.0. The first-order valence-electron chi connectivity index (χ1n) is 14.2. The highest BCUT2D eigenvalue weighted by atomic mass is 35.5. The highest BCUT2D eigenvalue weighted by Crippen LogP contribution is 2.44. The van der Waals surface area contributed by atoms with E-state index in [1.54, 1.807) is 37.2 Å². The first-order valence-corrected chi connectivity index (χ1v) is 14.6. The summed E-state index contributed by atoms with van der Waals surface area (Å²) in [7, 11) is 3.37. The second-order valence-corrected chi connectivity index (χ2v) is 12.4. The summed E-state index contributed by atoms with van der Waals surface area (Å²) in [6, 6.07) is 14.8. The Morgan fingerprint density at radius 2 is 1.74 bits per heavy atom. The molecule has 0 spiro atoms. The van der Waals surface area contributed by atoms with Gasteiger partial charge in [-0.05, 0) is 76.3 Å². The van der Waals surface area contributed by atoms with Crippen LogP contribution in [0.5, 0.6) is 0 Å². The van der Waals surface area contributed by atoms with Gasteiger partial charge in [-0.25, -0.2) is 4.79 Å². The van der Waals surface area contributed by atoms with E-state index in [0.29, 0.717) is 61.0 Å². The van der Waals surface area contributed by atoms with Gasteiger partial charge in [-0.1, -0.05) is 35.9 Å². The Morgan fingerprint density at radius 3 is 2.40 bits per heavy atom. The topological polar surface area (TPSA) is 110 Å². The Labute approximate surface area is 251 Å². The van der Waals surface area contributed by atoms with Crippen LogP contribution < -0.4 is 5.32 Å². The molecule has 2 aromatic carbocycles. The smallest absolute Gasteiger partial charge is 0.410 e. The predicted molar refractivity (Wildman–Crippen MR) is 159 cm³/mol. The van der Waals surface area contributed by atoms with Crippen LogP contribution >= 0.6 is 11.6 Å². The fraction of sp³-hybridized carbons (Fsp3) is 0.452. The van der Waals surface area contributed by atoms with Gasteiger partial charge in [0.25, 0.3) is 11.8 Å². The maximum absolute atomic E-state index is 13.7. The average molecular weight is 593 g/mol. The zero-order chi connectivity index (χ0) is 30.2. The molecule has 0 atom stereocenters. The van der Waals surface area contributed by atoms with Crippen LogP contribution in [0.1, 0.15) is 73.0 Å². The molecular weight excluding hydrogens is 556 g/mol. The molecule has 0 unspecified atom stereocenters. The maximum atomic E-state index is 13.7. The van der Waals surface area contributed by atoms with Gasteiger partial charge in [0.2, 0.25) is 5.82 Å².